The largest absolute Gasteiger partial charge is 0.223 e. The average molecular weight is 150 g/mol. The van der Waals surface area contributed by atoms with Gasteiger partial charge in [0.1, 0.15) is 7.05 Å². The zero-order chi connectivity index (χ0) is 6.97. The van der Waals surface area contributed by atoms with Gasteiger partial charge in [0.05, 0.1) is 4.70 Å². The number of fused-ring (bicyclic) bond motifs is 1. The molecular weight excluding hydrogens is 142 g/mol. The highest BCUT2D eigenvalue weighted by Crippen LogP contribution is 2.15. The standard InChI is InChI=1S/C8H8NS/c1-9-5-2-3-8-7(9)4-6-10-8/h2-6H,1H3/q+1. The minimum atomic E-state index is 1.31. The van der Waals surface area contributed by atoms with Crippen LogP contribution in [-0.2, 0) is 7.05 Å². The monoisotopic (exact) mass is 150 g/mol. The Morgan fingerprint density at radius 2 is 2.30 bits per heavy atom. The van der Waals surface area contributed by atoms with Crippen molar-refractivity contribution in [3.05, 3.63) is 29.8 Å². The van der Waals surface area contributed by atoms with Gasteiger partial charge in [-0.25, -0.2) is 4.57 Å². The Kier molecular flexibility index (Phi) is 1.21. The lowest BCUT2D eigenvalue weighted by atomic mass is 10.4. The zero-order valence-corrected chi connectivity index (χ0v) is 6.56. The van der Waals surface area contributed by atoms with Gasteiger partial charge in [-0.3, -0.25) is 0 Å². The third-order valence-corrected chi connectivity index (χ3v) is 2.48. The van der Waals surface area contributed by atoms with Crippen molar-refractivity contribution >= 4 is 21.6 Å². The predicted molar refractivity (Wildman–Crippen MR) is 43.0 cm³/mol. The lowest BCUT2D eigenvalue weighted by molar-refractivity contribution is -0.644. The zero-order valence-electron chi connectivity index (χ0n) is 5.74. The van der Waals surface area contributed by atoms with Gasteiger partial charge in [0.2, 0.25) is 5.52 Å². The fourth-order valence-corrected chi connectivity index (χ4v) is 1.90. The molecule has 2 heterocycles. The maximum Gasteiger partial charge on any atom is 0.223 e. The molecule has 0 atom stereocenters. The second-order valence-corrected chi connectivity index (χ2v) is 3.24. The van der Waals surface area contributed by atoms with Crippen molar-refractivity contribution in [3.63, 3.8) is 0 Å². The SMILES string of the molecule is C[n+]1cccc2sccc21. The van der Waals surface area contributed by atoms with Crippen molar-refractivity contribution in [3.8, 4) is 0 Å². The second-order valence-electron chi connectivity index (χ2n) is 2.29. The van der Waals surface area contributed by atoms with E-state index in [-0.39, 0.29) is 0 Å². The van der Waals surface area contributed by atoms with Crippen LogP contribution in [-0.4, -0.2) is 0 Å². The van der Waals surface area contributed by atoms with Crippen LogP contribution in [0.15, 0.2) is 29.8 Å². The average Bonchev–Trinajstić information content (AvgIpc) is 2.36. The van der Waals surface area contributed by atoms with E-state index in [4.69, 9.17) is 0 Å². The first-order chi connectivity index (χ1) is 4.88. The molecule has 2 heteroatoms. The molecule has 0 saturated carbocycles. The molecule has 0 aliphatic heterocycles. The molecule has 2 aromatic rings. The van der Waals surface area contributed by atoms with Gasteiger partial charge in [0.25, 0.3) is 0 Å². The van der Waals surface area contributed by atoms with Crippen molar-refractivity contribution in [2.24, 2.45) is 7.05 Å². The molecule has 0 bridgehead atoms. The summed E-state index contributed by atoms with van der Waals surface area (Å²) in [6.45, 7) is 0. The number of hydrogen-bond acceptors (Lipinski definition) is 1. The molecule has 1 nitrogen and oxygen atoms in total. The Morgan fingerprint density at radius 3 is 3.10 bits per heavy atom. The summed E-state index contributed by atoms with van der Waals surface area (Å²) in [7, 11) is 2.06. The van der Waals surface area contributed by atoms with E-state index in [1.54, 1.807) is 11.3 Å². The Balaban J connectivity index is 2.95. The summed E-state index contributed by atoms with van der Waals surface area (Å²) in [5, 5.41) is 2.12. The van der Waals surface area contributed by atoms with E-state index in [1.807, 2.05) is 0 Å². The van der Waals surface area contributed by atoms with Crippen molar-refractivity contribution < 1.29 is 4.57 Å². The summed E-state index contributed by atoms with van der Waals surface area (Å²) in [6, 6.07) is 6.35. The Labute approximate surface area is 63.5 Å². The van der Waals surface area contributed by atoms with Gasteiger partial charge in [-0.1, -0.05) is 0 Å². The van der Waals surface area contributed by atoms with Crippen molar-refractivity contribution in [1.29, 1.82) is 0 Å². The lowest BCUT2D eigenvalue weighted by Crippen LogP contribution is -2.26. The highest BCUT2D eigenvalue weighted by molar-refractivity contribution is 7.17. The molecule has 10 heavy (non-hydrogen) atoms. The van der Waals surface area contributed by atoms with Gasteiger partial charge in [0.15, 0.2) is 6.20 Å². The third-order valence-electron chi connectivity index (χ3n) is 1.61. The first-order valence-corrected chi connectivity index (χ1v) is 4.08. The number of nitrogens with zero attached hydrogens (tertiary/aromatic N) is 1. The fourth-order valence-electron chi connectivity index (χ4n) is 1.07. The molecule has 0 aliphatic rings. The van der Waals surface area contributed by atoms with E-state index in [9.17, 15) is 0 Å². The van der Waals surface area contributed by atoms with Crippen LogP contribution in [0.2, 0.25) is 0 Å². The van der Waals surface area contributed by atoms with E-state index in [1.165, 1.54) is 10.2 Å². The first-order valence-electron chi connectivity index (χ1n) is 3.20. The quantitative estimate of drug-likeness (QED) is 0.503. The summed E-state index contributed by atoms with van der Waals surface area (Å²) < 4.78 is 3.48. The number of aryl methyl sites for hydroxylation is 1. The van der Waals surface area contributed by atoms with E-state index in [0.717, 1.165) is 0 Å². The van der Waals surface area contributed by atoms with Crippen LogP contribution < -0.4 is 4.57 Å². The molecular formula is C8H8NS+. The molecule has 0 aromatic carbocycles. The normalized spacial score (nSPS) is 10.5. The molecule has 50 valence electrons. The van der Waals surface area contributed by atoms with Crippen LogP contribution in [0, 0.1) is 0 Å². The molecule has 2 aromatic heterocycles. The maximum atomic E-state index is 2.14. The van der Waals surface area contributed by atoms with Crippen molar-refractivity contribution in [2.75, 3.05) is 0 Å². The number of hydrogen-bond donors (Lipinski definition) is 0. The minimum absolute atomic E-state index is 1.31. The van der Waals surface area contributed by atoms with Gasteiger partial charge in [-0.15, -0.1) is 11.3 Å². The van der Waals surface area contributed by atoms with Crippen LogP contribution in [0.25, 0.3) is 10.2 Å². The molecule has 0 unspecified atom stereocenters. The van der Waals surface area contributed by atoms with Gasteiger partial charge in [-0.05, 0) is 11.4 Å². The number of rotatable bonds is 0. The molecule has 0 fully saturated rings. The molecule has 0 amide bonds. The lowest BCUT2D eigenvalue weighted by Gasteiger charge is -1.85. The Morgan fingerprint density at radius 1 is 1.40 bits per heavy atom. The van der Waals surface area contributed by atoms with E-state index in [0.29, 0.717) is 0 Å². The number of pyridine rings is 1. The maximum absolute atomic E-state index is 2.14. The first kappa shape index (κ1) is 5.86. The Hall–Kier alpha value is -0.890. The van der Waals surface area contributed by atoms with Gasteiger partial charge < -0.3 is 0 Å². The molecule has 0 N–H and O–H groups in total. The molecule has 0 saturated heterocycles. The predicted octanol–water partition coefficient (Wildman–Crippen LogP) is 1.73. The molecule has 0 spiro atoms. The van der Waals surface area contributed by atoms with Crippen LogP contribution >= 0.6 is 11.3 Å². The summed E-state index contributed by atoms with van der Waals surface area (Å²) >= 11 is 1.78. The summed E-state index contributed by atoms with van der Waals surface area (Å²) in [6.07, 6.45) is 2.06. The Bertz CT molecular complexity index is 351. The van der Waals surface area contributed by atoms with Crippen LogP contribution in [0.4, 0.5) is 0 Å². The summed E-state index contributed by atoms with van der Waals surface area (Å²) in [5.74, 6) is 0. The van der Waals surface area contributed by atoms with Crippen LogP contribution in [0.3, 0.4) is 0 Å². The molecule has 0 aliphatic carbocycles. The van der Waals surface area contributed by atoms with Gasteiger partial charge in [-0.2, -0.15) is 0 Å². The molecule has 0 radical (unpaired) electrons. The number of aromatic nitrogens is 1. The third kappa shape index (κ3) is 0.727. The fraction of sp³-hybridized carbons (Fsp3) is 0.125. The van der Waals surface area contributed by atoms with Crippen LogP contribution in [0.1, 0.15) is 0 Å². The van der Waals surface area contributed by atoms with E-state index < -0.39 is 0 Å². The number of thiophene rings is 1. The van der Waals surface area contributed by atoms with E-state index >= 15 is 0 Å². The van der Waals surface area contributed by atoms with Crippen molar-refractivity contribution in [1.82, 2.24) is 0 Å². The topological polar surface area (TPSA) is 3.88 Å². The van der Waals surface area contributed by atoms with Gasteiger partial charge >= 0.3 is 0 Å². The van der Waals surface area contributed by atoms with Crippen molar-refractivity contribution in [2.45, 2.75) is 0 Å². The minimum Gasteiger partial charge on any atom is -0.200 e. The van der Waals surface area contributed by atoms with E-state index in [2.05, 4.69) is 41.4 Å². The smallest absolute Gasteiger partial charge is 0.200 e. The highest BCUT2D eigenvalue weighted by atomic mass is 32.1. The van der Waals surface area contributed by atoms with Crippen LogP contribution in [0.5, 0.6) is 0 Å². The highest BCUT2D eigenvalue weighted by Gasteiger charge is 2.01. The molecule has 2 rings (SSSR count). The van der Waals surface area contributed by atoms with Gasteiger partial charge in [0, 0.05) is 12.1 Å². The summed E-state index contributed by atoms with van der Waals surface area (Å²) in [5.41, 5.74) is 1.31. The summed E-state index contributed by atoms with van der Waals surface area (Å²) in [4.78, 5) is 0. The second kappa shape index (κ2) is 2.06.